The lowest BCUT2D eigenvalue weighted by Crippen LogP contribution is -2.68. The first-order valence-corrected chi connectivity index (χ1v) is 17.8. The summed E-state index contributed by atoms with van der Waals surface area (Å²) in [4.78, 5) is 25.5. The molecule has 1 aliphatic heterocycles. The Morgan fingerprint density at radius 3 is 1.84 bits per heavy atom. The quantitative estimate of drug-likeness (QED) is 0.109. The molecule has 14 heteroatoms. The number of carbonyl (C=O) groups is 2. The molecule has 1 saturated heterocycles. The summed E-state index contributed by atoms with van der Waals surface area (Å²) in [5.41, 5.74) is -0.330. The van der Waals surface area contributed by atoms with Gasteiger partial charge in [-0.15, -0.1) is 0 Å². The van der Waals surface area contributed by atoms with E-state index in [-0.39, 0.29) is 27.4 Å². The highest BCUT2D eigenvalue weighted by molar-refractivity contribution is 7.87. The third-order valence-electron chi connectivity index (χ3n) is 7.89. The number of methoxy groups -OCH3 is 1. The molecule has 0 saturated carbocycles. The fourth-order valence-electron chi connectivity index (χ4n) is 5.41. The van der Waals surface area contributed by atoms with Gasteiger partial charge in [-0.25, -0.2) is 4.79 Å². The minimum Gasteiger partial charge on any atom is -0.457 e. The Kier molecular flexibility index (Phi) is 11.0. The van der Waals surface area contributed by atoms with E-state index in [2.05, 4.69) is 0 Å². The summed E-state index contributed by atoms with van der Waals surface area (Å²) >= 11 is 0. The molecule has 5 unspecified atom stereocenters. The van der Waals surface area contributed by atoms with E-state index < -0.39 is 63.0 Å². The first-order valence-electron chi connectivity index (χ1n) is 15.0. The Labute approximate surface area is 284 Å². The first-order chi connectivity index (χ1) is 23.4. The van der Waals surface area contributed by atoms with Crippen molar-refractivity contribution in [2.75, 3.05) is 13.7 Å². The molecule has 0 aromatic heterocycles. The van der Waals surface area contributed by atoms with Crippen LogP contribution in [-0.2, 0) is 57.9 Å². The monoisotopic (exact) mass is 710 g/mol. The van der Waals surface area contributed by atoms with Gasteiger partial charge in [0.1, 0.15) is 12.2 Å². The molecule has 0 radical (unpaired) electrons. The topological polar surface area (TPSA) is 158 Å². The maximum Gasteiger partial charge on any atom is 0.339 e. The molecule has 0 bridgehead atoms. The van der Waals surface area contributed by atoms with Crippen LogP contribution in [-0.4, -0.2) is 67.6 Å². The Bertz CT molecular complexity index is 1950. The molecule has 12 nitrogen and oxygen atoms in total. The van der Waals surface area contributed by atoms with E-state index in [1.165, 1.54) is 43.5 Å². The lowest BCUT2D eigenvalue weighted by molar-refractivity contribution is -0.334. The standard InChI is InChI=1S/C35H34O12S2/c1-24-14-18-28(19-15-24)48(38,39)44-22-30-31(47-49(40,41)29-20-16-25(2)17-21-29)32(43-23-36)35(34(42-3)45-30,27-12-8-5-9-13-27)46-33(37)26-10-6-4-7-11-26/h4-21,23,30-32,34H,22H2,1-3H3. The minimum atomic E-state index is -4.67. The van der Waals surface area contributed by atoms with Crippen LogP contribution >= 0.6 is 0 Å². The largest absolute Gasteiger partial charge is 0.457 e. The second-order valence-electron chi connectivity index (χ2n) is 11.2. The lowest BCUT2D eigenvalue weighted by atomic mass is 9.80. The van der Waals surface area contributed by atoms with Gasteiger partial charge in [0.25, 0.3) is 26.7 Å². The summed E-state index contributed by atoms with van der Waals surface area (Å²) in [5, 5.41) is 0. The van der Waals surface area contributed by atoms with E-state index in [1.807, 2.05) is 0 Å². The van der Waals surface area contributed by atoms with Gasteiger partial charge in [-0.05, 0) is 50.2 Å². The smallest absolute Gasteiger partial charge is 0.339 e. The van der Waals surface area contributed by atoms with Crippen molar-refractivity contribution in [3.05, 3.63) is 131 Å². The van der Waals surface area contributed by atoms with Crippen molar-refractivity contribution in [2.45, 2.75) is 53.8 Å². The fraction of sp³-hybridized carbons (Fsp3) is 0.257. The molecule has 1 fully saturated rings. The summed E-state index contributed by atoms with van der Waals surface area (Å²) in [6, 6.07) is 27.5. The Hall–Kier alpha value is -4.44. The predicted molar refractivity (Wildman–Crippen MR) is 174 cm³/mol. The lowest BCUT2D eigenvalue weighted by Gasteiger charge is -2.51. The molecule has 0 spiro atoms. The Morgan fingerprint density at radius 2 is 1.31 bits per heavy atom. The van der Waals surface area contributed by atoms with Gasteiger partial charge < -0.3 is 18.9 Å². The third-order valence-corrected chi connectivity index (χ3v) is 10.5. The fourth-order valence-corrected chi connectivity index (χ4v) is 7.43. The molecule has 1 heterocycles. The second-order valence-corrected chi connectivity index (χ2v) is 14.4. The van der Waals surface area contributed by atoms with E-state index >= 15 is 0 Å². The second kappa shape index (κ2) is 15.0. The van der Waals surface area contributed by atoms with Gasteiger partial charge in [-0.2, -0.15) is 16.8 Å². The van der Waals surface area contributed by atoms with Gasteiger partial charge in [-0.3, -0.25) is 13.2 Å². The average Bonchev–Trinajstić information content (AvgIpc) is 3.10. The van der Waals surface area contributed by atoms with E-state index in [0.717, 1.165) is 11.1 Å². The van der Waals surface area contributed by atoms with Gasteiger partial charge in [0.15, 0.2) is 6.10 Å². The number of esters is 1. The molecule has 49 heavy (non-hydrogen) atoms. The molecule has 0 amide bonds. The number of hydrogen-bond acceptors (Lipinski definition) is 12. The van der Waals surface area contributed by atoms with Gasteiger partial charge in [0.2, 0.25) is 11.9 Å². The molecule has 1 aliphatic rings. The molecule has 258 valence electrons. The van der Waals surface area contributed by atoms with Crippen molar-refractivity contribution in [3.8, 4) is 0 Å². The third kappa shape index (κ3) is 7.75. The van der Waals surface area contributed by atoms with Crippen LogP contribution in [0.5, 0.6) is 0 Å². The molecule has 4 aromatic rings. The van der Waals surface area contributed by atoms with E-state index in [0.29, 0.717) is 0 Å². The van der Waals surface area contributed by atoms with Gasteiger partial charge in [-0.1, -0.05) is 83.9 Å². The van der Waals surface area contributed by atoms with Crippen LogP contribution in [0.25, 0.3) is 0 Å². The summed E-state index contributed by atoms with van der Waals surface area (Å²) in [5.74, 6) is -0.897. The molecule has 0 aliphatic carbocycles. The van der Waals surface area contributed by atoms with E-state index in [9.17, 15) is 26.4 Å². The molecule has 5 atom stereocenters. The van der Waals surface area contributed by atoms with Crippen molar-refractivity contribution >= 4 is 32.7 Å². The zero-order chi connectivity index (χ0) is 35.2. The van der Waals surface area contributed by atoms with Crippen LogP contribution < -0.4 is 0 Å². The van der Waals surface area contributed by atoms with E-state index in [4.69, 9.17) is 27.3 Å². The van der Waals surface area contributed by atoms with E-state index in [1.54, 1.807) is 86.6 Å². The highest BCUT2D eigenvalue weighted by Gasteiger charge is 2.64. The van der Waals surface area contributed by atoms with Crippen LogP contribution in [0, 0.1) is 13.8 Å². The summed E-state index contributed by atoms with van der Waals surface area (Å²) < 4.78 is 88.8. The molecular weight excluding hydrogens is 677 g/mol. The number of ether oxygens (including phenoxy) is 4. The Balaban J connectivity index is 1.65. The maximum absolute atomic E-state index is 13.8. The number of benzene rings is 4. The van der Waals surface area contributed by atoms with Crippen LogP contribution in [0.3, 0.4) is 0 Å². The highest BCUT2D eigenvalue weighted by atomic mass is 32.2. The van der Waals surface area contributed by atoms with Gasteiger partial charge in [0.05, 0.1) is 22.0 Å². The zero-order valence-corrected chi connectivity index (χ0v) is 28.3. The summed E-state index contributed by atoms with van der Waals surface area (Å²) in [7, 11) is -7.86. The normalized spacial score (nSPS) is 22.6. The van der Waals surface area contributed by atoms with Crippen molar-refractivity contribution in [2.24, 2.45) is 0 Å². The average molecular weight is 711 g/mol. The van der Waals surface area contributed by atoms with Crippen LogP contribution in [0.1, 0.15) is 27.0 Å². The number of carbonyl (C=O) groups excluding carboxylic acids is 2. The Morgan fingerprint density at radius 1 is 0.776 bits per heavy atom. The van der Waals surface area contributed by atoms with Crippen LogP contribution in [0.4, 0.5) is 0 Å². The molecular formula is C35H34O12S2. The minimum absolute atomic E-state index is 0.0343. The van der Waals surface area contributed by atoms with Crippen molar-refractivity contribution in [3.63, 3.8) is 0 Å². The maximum atomic E-state index is 13.8. The van der Waals surface area contributed by atoms with Crippen molar-refractivity contribution in [1.29, 1.82) is 0 Å². The highest BCUT2D eigenvalue weighted by Crippen LogP contribution is 2.46. The number of hydrogen-bond donors (Lipinski definition) is 0. The zero-order valence-electron chi connectivity index (χ0n) is 26.7. The number of aryl methyl sites for hydroxylation is 2. The first kappa shape index (κ1) is 35.9. The van der Waals surface area contributed by atoms with Crippen molar-refractivity contribution < 1.29 is 53.7 Å². The SMILES string of the molecule is COC1OC(COS(=O)(=O)c2ccc(C)cc2)C(OS(=O)(=O)c2ccc(C)cc2)C(OC=O)C1(OC(=O)c1ccccc1)c1ccccc1. The number of rotatable bonds is 13. The van der Waals surface area contributed by atoms with Crippen molar-refractivity contribution in [1.82, 2.24) is 0 Å². The molecule has 4 aromatic carbocycles. The van der Waals surface area contributed by atoms with Crippen LogP contribution in [0.15, 0.2) is 119 Å². The summed E-state index contributed by atoms with van der Waals surface area (Å²) in [6.07, 6.45) is -6.89. The summed E-state index contributed by atoms with van der Waals surface area (Å²) in [6.45, 7) is 2.76. The molecule has 5 rings (SSSR count). The predicted octanol–water partition coefficient (Wildman–Crippen LogP) is 4.45. The van der Waals surface area contributed by atoms with Gasteiger partial charge in [0, 0.05) is 12.7 Å². The van der Waals surface area contributed by atoms with Crippen LogP contribution in [0.2, 0.25) is 0 Å². The van der Waals surface area contributed by atoms with Gasteiger partial charge >= 0.3 is 5.97 Å². The molecule has 0 N–H and O–H groups in total.